The second-order valence-corrected chi connectivity index (χ2v) is 4.97. The molecular weight excluding hydrogens is 214 g/mol. The van der Waals surface area contributed by atoms with Gasteiger partial charge in [0, 0.05) is 13.1 Å². The first-order valence-electron chi connectivity index (χ1n) is 5.16. The van der Waals surface area contributed by atoms with Gasteiger partial charge >= 0.3 is 5.97 Å². The Bertz CT molecular complexity index is 253. The van der Waals surface area contributed by atoms with Crippen LogP contribution in [0.5, 0.6) is 0 Å². The highest BCUT2D eigenvalue weighted by atomic mass is 32.2. The van der Waals surface area contributed by atoms with Crippen molar-refractivity contribution in [1.82, 2.24) is 4.90 Å². The normalized spacial score (nSPS) is 17.2. The standard InChI is InChI=1S/C10H17NO3S/c1-3-8(10(13)14)15-6-9(12)11(2)7-4-5-7/h7-8H,3-6H2,1-2H3,(H,13,14). The SMILES string of the molecule is CCC(SCC(=O)N(C)C1CC1)C(=O)O. The molecule has 0 aromatic carbocycles. The van der Waals surface area contributed by atoms with Gasteiger partial charge in [0.2, 0.25) is 5.91 Å². The van der Waals surface area contributed by atoms with Crippen LogP contribution in [0.4, 0.5) is 0 Å². The first-order valence-corrected chi connectivity index (χ1v) is 6.21. The molecule has 86 valence electrons. The van der Waals surface area contributed by atoms with Crippen molar-refractivity contribution in [1.29, 1.82) is 0 Å². The molecule has 0 saturated heterocycles. The van der Waals surface area contributed by atoms with Crippen LogP contribution in [0.25, 0.3) is 0 Å². The largest absolute Gasteiger partial charge is 0.480 e. The van der Waals surface area contributed by atoms with Crippen LogP contribution in [-0.4, -0.2) is 46.0 Å². The van der Waals surface area contributed by atoms with Crippen LogP contribution in [-0.2, 0) is 9.59 Å². The molecule has 0 aromatic heterocycles. The molecule has 1 unspecified atom stereocenters. The monoisotopic (exact) mass is 231 g/mol. The summed E-state index contributed by atoms with van der Waals surface area (Å²) >= 11 is 1.22. The van der Waals surface area contributed by atoms with Crippen LogP contribution in [0.2, 0.25) is 0 Å². The van der Waals surface area contributed by atoms with Crippen molar-refractivity contribution < 1.29 is 14.7 Å². The van der Waals surface area contributed by atoms with E-state index in [2.05, 4.69) is 0 Å². The summed E-state index contributed by atoms with van der Waals surface area (Å²) in [5.41, 5.74) is 0. The molecule has 0 bridgehead atoms. The summed E-state index contributed by atoms with van der Waals surface area (Å²) in [5.74, 6) is -0.510. The Balaban J connectivity index is 2.28. The van der Waals surface area contributed by atoms with Crippen LogP contribution < -0.4 is 0 Å². The van der Waals surface area contributed by atoms with Gasteiger partial charge in [-0.2, -0.15) is 0 Å². The second kappa shape index (κ2) is 5.39. The topological polar surface area (TPSA) is 57.6 Å². The highest BCUT2D eigenvalue weighted by molar-refractivity contribution is 8.01. The fourth-order valence-corrected chi connectivity index (χ4v) is 2.23. The van der Waals surface area contributed by atoms with Gasteiger partial charge < -0.3 is 10.0 Å². The molecule has 1 aliphatic rings. The van der Waals surface area contributed by atoms with Crippen molar-refractivity contribution in [2.75, 3.05) is 12.8 Å². The van der Waals surface area contributed by atoms with E-state index in [9.17, 15) is 9.59 Å². The minimum Gasteiger partial charge on any atom is -0.480 e. The highest BCUT2D eigenvalue weighted by Gasteiger charge is 2.30. The lowest BCUT2D eigenvalue weighted by atomic mass is 10.3. The third-order valence-electron chi connectivity index (χ3n) is 2.54. The molecule has 1 amide bonds. The van der Waals surface area contributed by atoms with Crippen molar-refractivity contribution in [3.8, 4) is 0 Å². The van der Waals surface area contributed by atoms with E-state index in [1.807, 2.05) is 6.92 Å². The number of thioether (sulfide) groups is 1. The Hall–Kier alpha value is -0.710. The molecule has 1 aliphatic carbocycles. The van der Waals surface area contributed by atoms with Gasteiger partial charge in [0.1, 0.15) is 5.25 Å². The Morgan fingerprint density at radius 2 is 2.13 bits per heavy atom. The van der Waals surface area contributed by atoms with E-state index in [1.165, 1.54) is 11.8 Å². The fraction of sp³-hybridized carbons (Fsp3) is 0.800. The van der Waals surface area contributed by atoms with Crippen molar-refractivity contribution in [3.05, 3.63) is 0 Å². The molecule has 5 heteroatoms. The Kier molecular flexibility index (Phi) is 4.45. The minimum absolute atomic E-state index is 0.0437. The molecule has 0 aliphatic heterocycles. The molecular formula is C10H17NO3S. The predicted octanol–water partition coefficient (Wildman–Crippen LogP) is 1.20. The average Bonchev–Trinajstić information content (AvgIpc) is 3.00. The summed E-state index contributed by atoms with van der Waals surface area (Å²) in [4.78, 5) is 24.0. The zero-order chi connectivity index (χ0) is 11.4. The van der Waals surface area contributed by atoms with Crippen molar-refractivity contribution in [3.63, 3.8) is 0 Å². The van der Waals surface area contributed by atoms with Gasteiger partial charge in [-0.3, -0.25) is 9.59 Å². The Morgan fingerprint density at radius 1 is 1.53 bits per heavy atom. The van der Waals surface area contributed by atoms with E-state index in [4.69, 9.17) is 5.11 Å². The average molecular weight is 231 g/mol. The van der Waals surface area contributed by atoms with Gasteiger partial charge in [0.15, 0.2) is 0 Å². The molecule has 1 N–H and O–H groups in total. The number of carbonyl (C=O) groups is 2. The van der Waals surface area contributed by atoms with Crippen LogP contribution in [0.3, 0.4) is 0 Å². The van der Waals surface area contributed by atoms with Gasteiger partial charge in [0.05, 0.1) is 5.75 Å². The lowest BCUT2D eigenvalue weighted by molar-refractivity contribution is -0.136. The molecule has 1 saturated carbocycles. The maximum Gasteiger partial charge on any atom is 0.316 e. The quantitative estimate of drug-likeness (QED) is 0.746. The van der Waals surface area contributed by atoms with Gasteiger partial charge in [-0.15, -0.1) is 11.8 Å². The summed E-state index contributed by atoms with van der Waals surface area (Å²) in [7, 11) is 1.79. The third kappa shape index (κ3) is 3.74. The Morgan fingerprint density at radius 3 is 2.53 bits per heavy atom. The van der Waals surface area contributed by atoms with Gasteiger partial charge in [0.25, 0.3) is 0 Å². The number of hydrogen-bond donors (Lipinski definition) is 1. The lowest BCUT2D eigenvalue weighted by Gasteiger charge is -2.17. The van der Waals surface area contributed by atoms with Crippen LogP contribution in [0, 0.1) is 0 Å². The summed E-state index contributed by atoms with van der Waals surface area (Å²) in [6.07, 6.45) is 2.73. The zero-order valence-corrected chi connectivity index (χ0v) is 9.92. The zero-order valence-electron chi connectivity index (χ0n) is 9.10. The molecule has 0 heterocycles. The van der Waals surface area contributed by atoms with E-state index in [0.717, 1.165) is 12.8 Å². The van der Waals surface area contributed by atoms with Crippen LogP contribution in [0.1, 0.15) is 26.2 Å². The predicted molar refractivity (Wildman–Crippen MR) is 60.0 cm³/mol. The number of hydrogen-bond acceptors (Lipinski definition) is 3. The molecule has 15 heavy (non-hydrogen) atoms. The number of carboxylic acid groups (broad SMARTS) is 1. The fourth-order valence-electron chi connectivity index (χ4n) is 1.30. The molecule has 4 nitrogen and oxygen atoms in total. The highest BCUT2D eigenvalue weighted by Crippen LogP contribution is 2.26. The number of carboxylic acids is 1. The maximum atomic E-state index is 11.6. The van der Waals surface area contributed by atoms with Gasteiger partial charge in [-0.05, 0) is 19.3 Å². The van der Waals surface area contributed by atoms with E-state index in [0.29, 0.717) is 12.5 Å². The van der Waals surface area contributed by atoms with E-state index in [1.54, 1.807) is 11.9 Å². The molecule has 0 radical (unpaired) electrons. The molecule has 1 atom stereocenters. The number of nitrogens with zero attached hydrogens (tertiary/aromatic N) is 1. The van der Waals surface area contributed by atoms with Crippen LogP contribution >= 0.6 is 11.8 Å². The third-order valence-corrected chi connectivity index (χ3v) is 3.89. The van der Waals surface area contributed by atoms with Crippen molar-refractivity contribution in [2.24, 2.45) is 0 Å². The smallest absolute Gasteiger partial charge is 0.316 e. The molecule has 0 aromatic rings. The number of carbonyl (C=O) groups excluding carboxylic acids is 1. The lowest BCUT2D eigenvalue weighted by Crippen LogP contribution is -2.31. The van der Waals surface area contributed by atoms with E-state index in [-0.39, 0.29) is 11.7 Å². The summed E-state index contributed by atoms with van der Waals surface area (Å²) in [5, 5.41) is 8.34. The summed E-state index contributed by atoms with van der Waals surface area (Å²) < 4.78 is 0. The van der Waals surface area contributed by atoms with Gasteiger partial charge in [-0.25, -0.2) is 0 Å². The summed E-state index contributed by atoms with van der Waals surface area (Å²) in [6, 6.07) is 0.406. The van der Waals surface area contributed by atoms with E-state index >= 15 is 0 Å². The first-order chi connectivity index (χ1) is 7.06. The molecule has 1 fully saturated rings. The Labute approximate surface area is 94.0 Å². The van der Waals surface area contributed by atoms with Crippen LogP contribution in [0.15, 0.2) is 0 Å². The van der Waals surface area contributed by atoms with Gasteiger partial charge in [-0.1, -0.05) is 6.92 Å². The maximum absolute atomic E-state index is 11.6. The van der Waals surface area contributed by atoms with Crippen molar-refractivity contribution >= 4 is 23.6 Å². The first kappa shape index (κ1) is 12.4. The summed E-state index contributed by atoms with van der Waals surface area (Å²) in [6.45, 7) is 1.82. The number of aliphatic carboxylic acids is 1. The second-order valence-electron chi connectivity index (χ2n) is 3.78. The molecule has 0 spiro atoms. The number of amides is 1. The molecule has 1 rings (SSSR count). The minimum atomic E-state index is -0.829. The van der Waals surface area contributed by atoms with E-state index < -0.39 is 11.2 Å². The van der Waals surface area contributed by atoms with Crippen molar-refractivity contribution in [2.45, 2.75) is 37.5 Å². The number of rotatable bonds is 6.